The summed E-state index contributed by atoms with van der Waals surface area (Å²) in [7, 11) is -3.05. The second kappa shape index (κ2) is 3.34. The molecule has 1 aliphatic rings. The van der Waals surface area contributed by atoms with E-state index in [4.69, 9.17) is 0 Å². The van der Waals surface area contributed by atoms with Crippen molar-refractivity contribution in [3.8, 4) is 0 Å². The van der Waals surface area contributed by atoms with Crippen LogP contribution in [0.5, 0.6) is 0 Å². The van der Waals surface area contributed by atoms with Gasteiger partial charge in [-0.05, 0) is 39.5 Å². The van der Waals surface area contributed by atoms with Gasteiger partial charge in [0.25, 0.3) is 0 Å². The molecular weight excluding hydrogens is 174 g/mol. The molecule has 0 aromatic rings. The van der Waals surface area contributed by atoms with Crippen LogP contribution in [0.2, 0.25) is 0 Å². The second-order valence-electron chi connectivity index (χ2n) is 3.84. The van der Waals surface area contributed by atoms with Crippen LogP contribution >= 0.6 is 0 Å². The fourth-order valence-corrected chi connectivity index (χ4v) is 2.07. The average molecular weight is 191 g/mol. The fraction of sp³-hybridized carbons (Fsp3) is 1.00. The van der Waals surface area contributed by atoms with E-state index in [1.54, 1.807) is 13.8 Å². The van der Waals surface area contributed by atoms with Crippen molar-refractivity contribution in [2.24, 2.45) is 5.92 Å². The van der Waals surface area contributed by atoms with Gasteiger partial charge in [0.1, 0.15) is 0 Å². The summed E-state index contributed by atoms with van der Waals surface area (Å²) in [6.45, 7) is 5.33. The number of rotatable bonds is 4. The van der Waals surface area contributed by atoms with Gasteiger partial charge in [-0.1, -0.05) is 0 Å². The molecule has 0 aromatic carbocycles. The topological polar surface area (TPSA) is 46.2 Å². The van der Waals surface area contributed by atoms with Crippen molar-refractivity contribution in [1.82, 2.24) is 4.72 Å². The third-order valence-corrected chi connectivity index (χ3v) is 4.24. The molecule has 0 aromatic heterocycles. The van der Waals surface area contributed by atoms with Crippen molar-refractivity contribution >= 4 is 10.0 Å². The molecule has 0 bridgehead atoms. The molecule has 72 valence electrons. The van der Waals surface area contributed by atoms with E-state index in [0.29, 0.717) is 5.92 Å². The number of hydrogen-bond donors (Lipinski definition) is 1. The predicted molar refractivity (Wildman–Crippen MR) is 49.4 cm³/mol. The fourth-order valence-electron chi connectivity index (χ4n) is 1.09. The molecule has 1 saturated carbocycles. The highest BCUT2D eigenvalue weighted by Gasteiger charge is 2.31. The molecule has 0 amide bonds. The summed E-state index contributed by atoms with van der Waals surface area (Å²) in [4.78, 5) is 0. The van der Waals surface area contributed by atoms with Gasteiger partial charge in [0.2, 0.25) is 10.0 Å². The van der Waals surface area contributed by atoms with E-state index in [1.807, 2.05) is 6.92 Å². The molecule has 0 heterocycles. The maximum atomic E-state index is 11.4. The lowest BCUT2D eigenvalue weighted by Crippen LogP contribution is -2.38. The summed E-state index contributed by atoms with van der Waals surface area (Å²) >= 11 is 0. The molecule has 1 fully saturated rings. The van der Waals surface area contributed by atoms with Gasteiger partial charge in [-0.2, -0.15) is 0 Å². The maximum absolute atomic E-state index is 11.4. The largest absolute Gasteiger partial charge is 0.214 e. The van der Waals surface area contributed by atoms with Crippen molar-refractivity contribution in [1.29, 1.82) is 0 Å². The Hall–Kier alpha value is -0.0900. The molecule has 0 aliphatic heterocycles. The van der Waals surface area contributed by atoms with Gasteiger partial charge in [-0.25, -0.2) is 13.1 Å². The lowest BCUT2D eigenvalue weighted by molar-refractivity contribution is 0.531. The van der Waals surface area contributed by atoms with E-state index in [1.165, 1.54) is 12.8 Å². The smallest absolute Gasteiger partial charge is 0.212 e. The number of hydrogen-bond acceptors (Lipinski definition) is 2. The van der Waals surface area contributed by atoms with E-state index in [9.17, 15) is 8.42 Å². The summed E-state index contributed by atoms with van der Waals surface area (Å²) in [5.41, 5.74) is 0. The van der Waals surface area contributed by atoms with Gasteiger partial charge in [0, 0.05) is 6.04 Å². The zero-order valence-electron chi connectivity index (χ0n) is 7.87. The summed E-state index contributed by atoms with van der Waals surface area (Å²) in [6, 6.07) is 0.123. The highest BCUT2D eigenvalue weighted by molar-refractivity contribution is 7.90. The zero-order valence-corrected chi connectivity index (χ0v) is 8.69. The van der Waals surface area contributed by atoms with Gasteiger partial charge in [-0.15, -0.1) is 0 Å². The van der Waals surface area contributed by atoms with Crippen LogP contribution in [0, 0.1) is 5.92 Å². The van der Waals surface area contributed by atoms with Gasteiger partial charge >= 0.3 is 0 Å². The van der Waals surface area contributed by atoms with Crippen LogP contribution in [0.1, 0.15) is 33.6 Å². The first-order chi connectivity index (χ1) is 5.43. The van der Waals surface area contributed by atoms with Crippen LogP contribution < -0.4 is 4.72 Å². The standard InChI is InChI=1S/C8H17NO2S/c1-6(2)12(10,11)9-7(3)8-4-5-8/h6-9H,4-5H2,1-3H3. The molecule has 12 heavy (non-hydrogen) atoms. The van der Waals surface area contributed by atoms with Crippen LogP contribution in [0.25, 0.3) is 0 Å². The molecule has 0 saturated heterocycles. The SMILES string of the molecule is CC(NS(=O)(=O)C(C)C)C1CC1. The monoisotopic (exact) mass is 191 g/mol. The van der Waals surface area contributed by atoms with Crippen LogP contribution in [0.15, 0.2) is 0 Å². The Balaban J connectivity index is 2.48. The third kappa shape index (κ3) is 2.45. The predicted octanol–water partition coefficient (Wildman–Crippen LogP) is 1.11. The van der Waals surface area contributed by atoms with E-state index in [0.717, 1.165) is 0 Å². The lowest BCUT2D eigenvalue weighted by Gasteiger charge is -2.15. The minimum absolute atomic E-state index is 0.123. The molecule has 0 radical (unpaired) electrons. The highest BCUT2D eigenvalue weighted by Crippen LogP contribution is 2.32. The average Bonchev–Trinajstić information content (AvgIpc) is 2.65. The van der Waals surface area contributed by atoms with Crippen LogP contribution in [0.4, 0.5) is 0 Å². The van der Waals surface area contributed by atoms with Gasteiger partial charge in [0.05, 0.1) is 5.25 Å². The van der Waals surface area contributed by atoms with Crippen LogP contribution in [0.3, 0.4) is 0 Å². The Morgan fingerprint density at radius 1 is 1.25 bits per heavy atom. The van der Waals surface area contributed by atoms with Gasteiger partial charge in [0.15, 0.2) is 0 Å². The minimum Gasteiger partial charge on any atom is -0.212 e. The molecule has 1 unspecified atom stereocenters. The van der Waals surface area contributed by atoms with Crippen molar-refractivity contribution in [2.45, 2.75) is 44.9 Å². The minimum atomic E-state index is -3.05. The van der Waals surface area contributed by atoms with Crippen molar-refractivity contribution in [3.05, 3.63) is 0 Å². The Morgan fingerprint density at radius 2 is 1.75 bits per heavy atom. The van der Waals surface area contributed by atoms with Crippen LogP contribution in [-0.2, 0) is 10.0 Å². The summed E-state index contributed by atoms with van der Waals surface area (Å²) < 4.78 is 25.4. The molecular formula is C8H17NO2S. The first kappa shape index (κ1) is 9.99. The summed E-state index contributed by atoms with van der Waals surface area (Å²) in [5.74, 6) is 0.582. The van der Waals surface area contributed by atoms with E-state index < -0.39 is 10.0 Å². The van der Waals surface area contributed by atoms with Crippen LogP contribution in [-0.4, -0.2) is 19.7 Å². The third-order valence-electron chi connectivity index (χ3n) is 2.30. The van der Waals surface area contributed by atoms with E-state index in [-0.39, 0.29) is 11.3 Å². The van der Waals surface area contributed by atoms with Crippen molar-refractivity contribution in [2.75, 3.05) is 0 Å². The van der Waals surface area contributed by atoms with Gasteiger partial charge in [-0.3, -0.25) is 0 Å². The zero-order chi connectivity index (χ0) is 9.35. The molecule has 4 heteroatoms. The van der Waals surface area contributed by atoms with E-state index in [2.05, 4.69) is 4.72 Å². The Labute approximate surface area is 74.6 Å². The highest BCUT2D eigenvalue weighted by atomic mass is 32.2. The number of sulfonamides is 1. The Kier molecular flexibility index (Phi) is 2.78. The summed E-state index contributed by atoms with van der Waals surface area (Å²) in [6.07, 6.45) is 2.34. The molecule has 1 aliphatic carbocycles. The molecule has 1 atom stereocenters. The Bertz CT molecular complexity index is 242. The molecule has 0 spiro atoms. The normalized spacial score (nSPS) is 21.3. The second-order valence-corrected chi connectivity index (χ2v) is 6.11. The maximum Gasteiger partial charge on any atom is 0.214 e. The summed E-state index contributed by atoms with van der Waals surface area (Å²) in [5, 5.41) is -0.321. The first-order valence-corrected chi connectivity index (χ1v) is 5.99. The van der Waals surface area contributed by atoms with E-state index >= 15 is 0 Å². The Morgan fingerprint density at radius 3 is 2.08 bits per heavy atom. The molecule has 3 nitrogen and oxygen atoms in total. The number of nitrogens with one attached hydrogen (secondary N) is 1. The lowest BCUT2D eigenvalue weighted by atomic mass is 10.2. The van der Waals surface area contributed by atoms with Crippen molar-refractivity contribution in [3.63, 3.8) is 0 Å². The molecule has 1 N–H and O–H groups in total. The van der Waals surface area contributed by atoms with Crippen molar-refractivity contribution < 1.29 is 8.42 Å². The first-order valence-electron chi connectivity index (χ1n) is 4.44. The quantitative estimate of drug-likeness (QED) is 0.723. The van der Waals surface area contributed by atoms with Gasteiger partial charge < -0.3 is 0 Å². The molecule has 1 rings (SSSR count).